The summed E-state index contributed by atoms with van der Waals surface area (Å²) in [5.41, 5.74) is 5.85. The topological polar surface area (TPSA) is 136 Å². The number of benzene rings is 2. The summed E-state index contributed by atoms with van der Waals surface area (Å²) in [7, 11) is 4.80. The summed E-state index contributed by atoms with van der Waals surface area (Å²) in [6.45, 7) is 3.22. The summed E-state index contributed by atoms with van der Waals surface area (Å²) < 4.78 is 12.8. The molecule has 0 bridgehead atoms. The molecule has 12 heteroatoms. The van der Waals surface area contributed by atoms with E-state index < -0.39 is 11.5 Å². The molecule has 2 aromatic carbocycles. The molecule has 1 aliphatic heterocycles. The lowest BCUT2D eigenvalue weighted by Crippen LogP contribution is -2.34. The van der Waals surface area contributed by atoms with Crippen LogP contribution in [0.3, 0.4) is 0 Å². The largest absolute Gasteiger partial charge is 0.481 e. The maximum atomic E-state index is 13.0. The number of halogens is 1. The lowest BCUT2D eigenvalue weighted by atomic mass is 9.96. The number of aryl methyl sites for hydroxylation is 1. The predicted octanol–water partition coefficient (Wildman–Crippen LogP) is 4.07. The second-order valence-electron chi connectivity index (χ2n) is 11.6. The Hall–Kier alpha value is -4.58. The quantitative estimate of drug-likeness (QED) is 0.249. The zero-order valence-electron chi connectivity index (χ0n) is 26.0. The van der Waals surface area contributed by atoms with Crippen molar-refractivity contribution in [2.75, 3.05) is 32.6 Å². The van der Waals surface area contributed by atoms with Gasteiger partial charge in [-0.05, 0) is 47.7 Å². The van der Waals surface area contributed by atoms with Crippen LogP contribution in [0.4, 0.5) is 5.69 Å². The number of nitrogens with zero attached hydrogens (tertiary/aromatic N) is 3. The first-order valence-corrected chi connectivity index (χ1v) is 15.4. The van der Waals surface area contributed by atoms with Gasteiger partial charge in [0.05, 0.1) is 30.0 Å². The number of anilines is 1. The van der Waals surface area contributed by atoms with Gasteiger partial charge in [-0.3, -0.25) is 14.4 Å². The Labute approximate surface area is 271 Å². The van der Waals surface area contributed by atoms with Gasteiger partial charge in [0.1, 0.15) is 5.56 Å². The summed E-state index contributed by atoms with van der Waals surface area (Å²) in [5, 5.41) is 13.7. The maximum Gasteiger partial charge on any atom is 0.279 e. The third-order valence-corrected chi connectivity index (χ3v) is 9.20. The number of aromatic nitrogens is 3. The summed E-state index contributed by atoms with van der Waals surface area (Å²) in [4.78, 5) is 42.1. The fraction of sp³-hybridized carbons (Fsp3) is 0.324. The molecule has 0 saturated carbocycles. The minimum Gasteiger partial charge on any atom is -0.481 e. The van der Waals surface area contributed by atoms with Gasteiger partial charge < -0.3 is 25.4 Å². The van der Waals surface area contributed by atoms with Crippen LogP contribution in [0, 0.1) is 12.8 Å². The summed E-state index contributed by atoms with van der Waals surface area (Å²) in [5.74, 6) is 0.267. The molecule has 3 atom stereocenters. The van der Waals surface area contributed by atoms with E-state index in [2.05, 4.69) is 21.0 Å². The lowest BCUT2D eigenvalue weighted by Gasteiger charge is -2.23. The highest BCUT2D eigenvalue weighted by molar-refractivity contribution is 6.36. The number of ether oxygens (including phenoxy) is 2. The number of hydrogen-bond acceptors (Lipinski definition) is 8. The van der Waals surface area contributed by atoms with Crippen molar-refractivity contribution in [2.24, 2.45) is 13.0 Å². The van der Waals surface area contributed by atoms with Gasteiger partial charge in [0.15, 0.2) is 0 Å². The van der Waals surface area contributed by atoms with Crippen LogP contribution in [-0.2, 0) is 23.0 Å². The van der Waals surface area contributed by atoms with Crippen molar-refractivity contribution in [1.29, 1.82) is 0 Å². The number of carbonyl (C=O) groups excluding carboxylic acids is 2. The molecular weight excluding hydrogens is 608 g/mol. The van der Waals surface area contributed by atoms with Crippen LogP contribution in [-0.4, -0.2) is 60.0 Å². The molecule has 1 saturated heterocycles. The molecule has 0 radical (unpaired) electrons. The lowest BCUT2D eigenvalue weighted by molar-refractivity contribution is -0.119. The van der Waals surface area contributed by atoms with E-state index in [4.69, 9.17) is 26.1 Å². The van der Waals surface area contributed by atoms with Crippen LogP contribution >= 0.6 is 11.6 Å². The van der Waals surface area contributed by atoms with Crippen molar-refractivity contribution < 1.29 is 19.1 Å². The number of rotatable bonds is 9. The van der Waals surface area contributed by atoms with E-state index in [-0.39, 0.29) is 29.5 Å². The number of hydrogen-bond donors (Lipinski definition) is 3. The van der Waals surface area contributed by atoms with Crippen LogP contribution in [0.15, 0.2) is 59.5 Å². The van der Waals surface area contributed by atoms with Gasteiger partial charge in [-0.15, -0.1) is 0 Å². The molecule has 2 amide bonds. The SMILES string of the molecule is COc1nc(-c2cccc(-c3cccc(NC(=O)c4ccnn(C)c4=O)c3C)c2Cl)cc2c1[C@@H](NC[C@@H]1CNC(=O)C1)[C@H](OC)C2. The average Bonchev–Trinajstić information content (AvgIpc) is 3.64. The first kappa shape index (κ1) is 31.4. The molecule has 3 N–H and O–H groups in total. The highest BCUT2D eigenvalue weighted by Crippen LogP contribution is 2.43. The molecular formula is C34H35ClN6O5. The van der Waals surface area contributed by atoms with Gasteiger partial charge in [0.25, 0.3) is 11.5 Å². The van der Waals surface area contributed by atoms with Gasteiger partial charge >= 0.3 is 0 Å². The smallest absolute Gasteiger partial charge is 0.279 e. The first-order chi connectivity index (χ1) is 22.2. The Kier molecular flexibility index (Phi) is 8.90. The predicted molar refractivity (Wildman–Crippen MR) is 175 cm³/mol. The minimum absolute atomic E-state index is 0.00207. The van der Waals surface area contributed by atoms with E-state index in [0.29, 0.717) is 48.2 Å². The molecule has 1 aliphatic carbocycles. The second kappa shape index (κ2) is 13.0. The minimum atomic E-state index is -0.520. The molecule has 2 aromatic heterocycles. The molecule has 2 aliphatic rings. The highest BCUT2D eigenvalue weighted by atomic mass is 35.5. The molecule has 11 nitrogen and oxygen atoms in total. The first-order valence-electron chi connectivity index (χ1n) is 15.0. The molecule has 46 heavy (non-hydrogen) atoms. The Morgan fingerprint density at radius 2 is 1.85 bits per heavy atom. The second-order valence-corrected chi connectivity index (χ2v) is 12.0. The molecule has 0 unspecified atom stereocenters. The van der Waals surface area contributed by atoms with E-state index in [1.54, 1.807) is 20.3 Å². The van der Waals surface area contributed by atoms with E-state index in [1.165, 1.54) is 19.3 Å². The van der Waals surface area contributed by atoms with Crippen molar-refractivity contribution in [2.45, 2.75) is 31.9 Å². The summed E-state index contributed by atoms with van der Waals surface area (Å²) in [6, 6.07) is 14.6. The molecule has 6 rings (SSSR count). The van der Waals surface area contributed by atoms with Crippen LogP contribution in [0.25, 0.3) is 22.4 Å². The van der Waals surface area contributed by atoms with Crippen molar-refractivity contribution in [3.05, 3.63) is 92.4 Å². The molecule has 4 aromatic rings. The fourth-order valence-electron chi connectivity index (χ4n) is 6.32. The molecule has 1 fully saturated rings. The number of pyridine rings is 1. The van der Waals surface area contributed by atoms with Gasteiger partial charge in [0, 0.05) is 68.7 Å². The van der Waals surface area contributed by atoms with Crippen LogP contribution in [0.5, 0.6) is 5.88 Å². The van der Waals surface area contributed by atoms with Crippen molar-refractivity contribution in [3.63, 3.8) is 0 Å². The van der Waals surface area contributed by atoms with Crippen LogP contribution in [0.1, 0.15) is 39.5 Å². The van der Waals surface area contributed by atoms with Crippen LogP contribution in [0.2, 0.25) is 5.02 Å². The van der Waals surface area contributed by atoms with Crippen molar-refractivity contribution in [3.8, 4) is 28.3 Å². The number of nitrogens with one attached hydrogen (secondary N) is 3. The number of amides is 2. The zero-order valence-corrected chi connectivity index (χ0v) is 26.8. The molecule has 0 spiro atoms. The summed E-state index contributed by atoms with van der Waals surface area (Å²) >= 11 is 7.12. The van der Waals surface area contributed by atoms with Crippen molar-refractivity contribution >= 4 is 29.1 Å². The Morgan fingerprint density at radius 3 is 2.59 bits per heavy atom. The van der Waals surface area contributed by atoms with Gasteiger partial charge in [-0.2, -0.15) is 5.10 Å². The monoisotopic (exact) mass is 642 g/mol. The molecule has 238 valence electrons. The normalized spacial score (nSPS) is 18.7. The Morgan fingerprint density at radius 1 is 1.09 bits per heavy atom. The van der Waals surface area contributed by atoms with Gasteiger partial charge in [-0.1, -0.05) is 41.9 Å². The average molecular weight is 643 g/mol. The Balaban J connectivity index is 1.31. The zero-order chi connectivity index (χ0) is 32.5. The number of carbonyl (C=O) groups is 2. The fourth-order valence-corrected chi connectivity index (χ4v) is 6.65. The standard InChI is InChI=1S/C34H35ClN6O5/c1-18-21(7-6-10-25(18)39-32(43)24-11-12-38-41(2)34(24)44)22-8-5-9-23(30(22)35)26-14-20-15-27(45-3)31(29(20)33(40-26)46-4)37-17-19-13-28(42)36-16-19/h5-12,14,19,27,31,37H,13,15-17H2,1-4H3,(H,36,42)(H,39,43)/t19-,27+,31-/m0/s1. The van der Waals surface area contributed by atoms with E-state index in [0.717, 1.165) is 38.1 Å². The third-order valence-electron chi connectivity index (χ3n) is 8.79. The van der Waals surface area contributed by atoms with Crippen molar-refractivity contribution in [1.82, 2.24) is 25.4 Å². The number of fused-ring (bicyclic) bond motifs is 1. The van der Waals surface area contributed by atoms with E-state index in [9.17, 15) is 14.4 Å². The van der Waals surface area contributed by atoms with Gasteiger partial charge in [-0.25, -0.2) is 9.67 Å². The van der Waals surface area contributed by atoms with E-state index >= 15 is 0 Å². The number of methoxy groups -OCH3 is 2. The molecule has 3 heterocycles. The maximum absolute atomic E-state index is 13.0. The third kappa shape index (κ3) is 5.89. The van der Waals surface area contributed by atoms with Crippen LogP contribution < -0.4 is 26.2 Å². The van der Waals surface area contributed by atoms with E-state index in [1.807, 2.05) is 43.3 Å². The van der Waals surface area contributed by atoms with Gasteiger partial charge in [0.2, 0.25) is 11.8 Å². The highest BCUT2D eigenvalue weighted by Gasteiger charge is 2.37. The summed E-state index contributed by atoms with van der Waals surface area (Å²) in [6.07, 6.45) is 2.46. The Bertz CT molecular complexity index is 1890.